The molecule has 2 rings (SSSR count). The van der Waals surface area contributed by atoms with Crippen molar-refractivity contribution in [3.63, 3.8) is 0 Å². The molecule has 0 aliphatic carbocycles. The maximum absolute atomic E-state index is 4.22. The maximum Gasteiger partial charge on any atom is 0.0931 e. The number of aromatic nitrogens is 2. The lowest BCUT2D eigenvalue weighted by Gasteiger charge is -1.95. The predicted octanol–water partition coefficient (Wildman–Crippen LogP) is 2.14. The van der Waals surface area contributed by atoms with Gasteiger partial charge in [-0.15, -0.1) is 25.3 Å². The largest absolute Gasteiger partial charge is 0.345 e. The number of nitrogens with one attached hydrogen (secondary N) is 1. The lowest BCUT2D eigenvalue weighted by molar-refractivity contribution is 1.29. The standard InChI is InChI=1S/C7H6N2S2/c10-6-1-4-5(2-7(6)11)9-3-8-4/h1-3,10-11H,(H,8,9). The highest BCUT2D eigenvalue weighted by Crippen LogP contribution is 2.22. The third-order valence-corrected chi connectivity index (χ3v) is 2.43. The van der Waals surface area contributed by atoms with E-state index in [4.69, 9.17) is 0 Å². The van der Waals surface area contributed by atoms with Gasteiger partial charge in [0.15, 0.2) is 0 Å². The Morgan fingerprint density at radius 2 is 1.91 bits per heavy atom. The Balaban J connectivity index is 2.86. The molecule has 56 valence electrons. The fourth-order valence-corrected chi connectivity index (χ4v) is 1.34. The normalized spacial score (nSPS) is 10.7. The average Bonchev–Trinajstić information content (AvgIpc) is 2.36. The van der Waals surface area contributed by atoms with Gasteiger partial charge in [0.25, 0.3) is 0 Å². The first-order valence-corrected chi connectivity index (χ1v) is 4.02. The number of benzene rings is 1. The summed E-state index contributed by atoms with van der Waals surface area (Å²) in [7, 11) is 0. The Kier molecular flexibility index (Phi) is 1.58. The van der Waals surface area contributed by atoms with Gasteiger partial charge in [-0.05, 0) is 12.1 Å². The van der Waals surface area contributed by atoms with Crippen LogP contribution in [-0.4, -0.2) is 9.97 Å². The van der Waals surface area contributed by atoms with E-state index >= 15 is 0 Å². The van der Waals surface area contributed by atoms with Crippen LogP contribution in [0.2, 0.25) is 0 Å². The number of rotatable bonds is 0. The first-order valence-electron chi connectivity index (χ1n) is 3.12. The molecule has 0 unspecified atom stereocenters. The molecule has 0 aliphatic heterocycles. The smallest absolute Gasteiger partial charge is 0.0931 e. The van der Waals surface area contributed by atoms with Crippen LogP contribution in [0.3, 0.4) is 0 Å². The van der Waals surface area contributed by atoms with E-state index in [0.717, 1.165) is 20.8 Å². The highest BCUT2D eigenvalue weighted by atomic mass is 32.1. The summed E-state index contributed by atoms with van der Waals surface area (Å²) in [5.41, 5.74) is 1.92. The molecule has 0 saturated carbocycles. The van der Waals surface area contributed by atoms with Gasteiger partial charge in [-0.1, -0.05) is 0 Å². The van der Waals surface area contributed by atoms with E-state index in [1.165, 1.54) is 0 Å². The first kappa shape index (κ1) is 7.06. The zero-order chi connectivity index (χ0) is 7.84. The van der Waals surface area contributed by atoms with Crippen LogP contribution >= 0.6 is 25.3 Å². The van der Waals surface area contributed by atoms with Gasteiger partial charge in [0.1, 0.15) is 0 Å². The van der Waals surface area contributed by atoms with Crippen LogP contribution in [0.1, 0.15) is 0 Å². The summed E-state index contributed by atoms with van der Waals surface area (Å²) >= 11 is 8.44. The number of aromatic amines is 1. The second kappa shape index (κ2) is 2.46. The Morgan fingerprint density at radius 3 is 2.73 bits per heavy atom. The summed E-state index contributed by atoms with van der Waals surface area (Å²) in [5, 5.41) is 0. The monoisotopic (exact) mass is 182 g/mol. The predicted molar refractivity (Wildman–Crippen MR) is 50.6 cm³/mol. The van der Waals surface area contributed by atoms with Crippen LogP contribution in [0.5, 0.6) is 0 Å². The van der Waals surface area contributed by atoms with Gasteiger partial charge in [0, 0.05) is 9.79 Å². The van der Waals surface area contributed by atoms with Crippen LogP contribution < -0.4 is 0 Å². The molecular formula is C7H6N2S2. The fourth-order valence-electron chi connectivity index (χ4n) is 0.960. The number of fused-ring (bicyclic) bond motifs is 1. The summed E-state index contributed by atoms with van der Waals surface area (Å²) in [4.78, 5) is 8.80. The minimum Gasteiger partial charge on any atom is -0.345 e. The fraction of sp³-hybridized carbons (Fsp3) is 0. The van der Waals surface area contributed by atoms with E-state index in [-0.39, 0.29) is 0 Å². The van der Waals surface area contributed by atoms with Crippen molar-refractivity contribution < 1.29 is 0 Å². The summed E-state index contributed by atoms with van der Waals surface area (Å²) in [6, 6.07) is 3.80. The minimum absolute atomic E-state index is 0.855. The van der Waals surface area contributed by atoms with Crippen LogP contribution in [-0.2, 0) is 0 Å². The molecule has 11 heavy (non-hydrogen) atoms. The van der Waals surface area contributed by atoms with Crippen LogP contribution in [0.25, 0.3) is 11.0 Å². The quantitative estimate of drug-likeness (QED) is 0.535. The topological polar surface area (TPSA) is 28.7 Å². The minimum atomic E-state index is 0.855. The molecule has 1 aromatic heterocycles. The number of H-pyrrole nitrogens is 1. The molecule has 0 aliphatic rings. The third-order valence-electron chi connectivity index (χ3n) is 1.52. The lowest BCUT2D eigenvalue weighted by atomic mass is 10.3. The molecule has 1 aromatic carbocycles. The number of thiol groups is 2. The first-order chi connectivity index (χ1) is 5.27. The van der Waals surface area contributed by atoms with Gasteiger partial charge in [-0.3, -0.25) is 0 Å². The Morgan fingerprint density at radius 1 is 1.18 bits per heavy atom. The van der Waals surface area contributed by atoms with Crippen molar-refractivity contribution in [3.8, 4) is 0 Å². The van der Waals surface area contributed by atoms with Gasteiger partial charge < -0.3 is 4.98 Å². The molecule has 0 radical (unpaired) electrons. The summed E-state index contributed by atoms with van der Waals surface area (Å²) in [6.45, 7) is 0. The number of hydrogen-bond acceptors (Lipinski definition) is 3. The zero-order valence-corrected chi connectivity index (χ0v) is 7.36. The summed E-state index contributed by atoms with van der Waals surface area (Å²) in [5.74, 6) is 0. The molecule has 0 bridgehead atoms. The van der Waals surface area contributed by atoms with Gasteiger partial charge in [0.05, 0.1) is 17.4 Å². The van der Waals surface area contributed by atoms with Crippen molar-refractivity contribution in [3.05, 3.63) is 18.5 Å². The SMILES string of the molecule is Sc1cc2nc[nH]c2cc1S. The molecule has 0 spiro atoms. The van der Waals surface area contributed by atoms with E-state index in [0.29, 0.717) is 0 Å². The van der Waals surface area contributed by atoms with Crippen molar-refractivity contribution in [2.75, 3.05) is 0 Å². The summed E-state index contributed by atoms with van der Waals surface area (Å²) < 4.78 is 0. The average molecular weight is 182 g/mol. The van der Waals surface area contributed by atoms with Crippen molar-refractivity contribution >= 4 is 36.3 Å². The number of nitrogens with zero attached hydrogens (tertiary/aromatic N) is 1. The molecule has 2 nitrogen and oxygen atoms in total. The van der Waals surface area contributed by atoms with E-state index in [1.807, 2.05) is 12.1 Å². The maximum atomic E-state index is 4.22. The molecule has 0 amide bonds. The second-order valence-electron chi connectivity index (χ2n) is 2.26. The second-order valence-corrected chi connectivity index (χ2v) is 3.22. The zero-order valence-electron chi connectivity index (χ0n) is 5.57. The Hall–Kier alpha value is -0.610. The summed E-state index contributed by atoms with van der Waals surface area (Å²) in [6.07, 6.45) is 1.66. The van der Waals surface area contributed by atoms with Gasteiger partial charge in [-0.25, -0.2) is 4.98 Å². The van der Waals surface area contributed by atoms with Gasteiger partial charge >= 0.3 is 0 Å². The Bertz CT molecular complexity index is 358. The van der Waals surface area contributed by atoms with Crippen molar-refractivity contribution in [2.24, 2.45) is 0 Å². The molecule has 0 saturated heterocycles. The third kappa shape index (κ3) is 1.12. The molecule has 4 heteroatoms. The van der Waals surface area contributed by atoms with Crippen molar-refractivity contribution in [2.45, 2.75) is 9.79 Å². The van der Waals surface area contributed by atoms with E-state index < -0.39 is 0 Å². The van der Waals surface area contributed by atoms with E-state index in [9.17, 15) is 0 Å². The number of imidazole rings is 1. The van der Waals surface area contributed by atoms with Crippen molar-refractivity contribution in [1.82, 2.24) is 9.97 Å². The molecule has 1 heterocycles. The van der Waals surface area contributed by atoms with Crippen LogP contribution in [0.15, 0.2) is 28.3 Å². The van der Waals surface area contributed by atoms with E-state index in [2.05, 4.69) is 35.2 Å². The lowest BCUT2D eigenvalue weighted by Crippen LogP contribution is -1.73. The molecule has 0 fully saturated rings. The van der Waals surface area contributed by atoms with E-state index in [1.54, 1.807) is 6.33 Å². The van der Waals surface area contributed by atoms with Crippen molar-refractivity contribution in [1.29, 1.82) is 0 Å². The Labute approximate surface area is 74.9 Å². The van der Waals surface area contributed by atoms with Gasteiger partial charge in [-0.2, -0.15) is 0 Å². The molecule has 1 N–H and O–H groups in total. The molecule has 2 aromatic rings. The molecular weight excluding hydrogens is 176 g/mol. The highest BCUT2D eigenvalue weighted by Gasteiger charge is 1.99. The number of hydrogen-bond donors (Lipinski definition) is 3. The van der Waals surface area contributed by atoms with Crippen LogP contribution in [0, 0.1) is 0 Å². The molecule has 0 atom stereocenters. The van der Waals surface area contributed by atoms with Crippen LogP contribution in [0.4, 0.5) is 0 Å². The van der Waals surface area contributed by atoms with Gasteiger partial charge in [0.2, 0.25) is 0 Å². The highest BCUT2D eigenvalue weighted by molar-refractivity contribution is 7.83.